The molecule has 2 N–H and O–H groups in total. The van der Waals surface area contributed by atoms with E-state index in [1.54, 1.807) is 25.1 Å². The van der Waals surface area contributed by atoms with E-state index in [1.165, 1.54) is 18.2 Å². The molecule has 0 unspecified atom stereocenters. The number of pyridine rings is 1. The minimum atomic E-state index is -0.709. The topological polar surface area (TPSA) is 79.0 Å². The maximum absolute atomic E-state index is 13.8. The molecule has 3 rings (SSSR count). The van der Waals surface area contributed by atoms with Crippen LogP contribution in [-0.4, -0.2) is 17.2 Å². The van der Waals surface area contributed by atoms with Crippen molar-refractivity contribution in [1.29, 1.82) is 0 Å². The summed E-state index contributed by atoms with van der Waals surface area (Å²) in [5.41, 5.74) is 1.67. The molecule has 0 aliphatic carbocycles. The standard InChI is InChI=1S/C18H13FN2O3/c1-10-6-17(23)21-16-5-3-12(8-13(10)16)20-18(24)14-7-11(9-22)2-4-15(14)19/h2-9H,1H3,(H,20,24)(H,21,23). The van der Waals surface area contributed by atoms with Gasteiger partial charge in [-0.15, -0.1) is 0 Å². The Bertz CT molecular complexity index is 1020. The number of halogens is 1. The zero-order valence-electron chi connectivity index (χ0n) is 12.7. The number of aromatic nitrogens is 1. The van der Waals surface area contributed by atoms with Gasteiger partial charge < -0.3 is 10.3 Å². The van der Waals surface area contributed by atoms with Crippen molar-refractivity contribution in [2.24, 2.45) is 0 Å². The molecule has 3 aromatic rings. The molecule has 0 bridgehead atoms. The molecule has 2 aromatic carbocycles. The van der Waals surface area contributed by atoms with Gasteiger partial charge in [-0.05, 0) is 48.9 Å². The lowest BCUT2D eigenvalue weighted by Gasteiger charge is -2.09. The molecule has 24 heavy (non-hydrogen) atoms. The molecular weight excluding hydrogens is 311 g/mol. The zero-order chi connectivity index (χ0) is 17.3. The normalized spacial score (nSPS) is 10.6. The van der Waals surface area contributed by atoms with E-state index in [0.29, 0.717) is 17.5 Å². The minimum absolute atomic E-state index is 0.204. The Hall–Kier alpha value is -3.28. The predicted octanol–water partition coefficient (Wildman–Crippen LogP) is 3.04. The average molecular weight is 324 g/mol. The summed E-state index contributed by atoms with van der Waals surface area (Å²) < 4.78 is 13.8. The van der Waals surface area contributed by atoms with Gasteiger partial charge in [0.1, 0.15) is 12.1 Å². The van der Waals surface area contributed by atoms with Gasteiger partial charge in [-0.1, -0.05) is 0 Å². The lowest BCUT2D eigenvalue weighted by Crippen LogP contribution is -2.14. The van der Waals surface area contributed by atoms with Crippen LogP contribution >= 0.6 is 0 Å². The summed E-state index contributed by atoms with van der Waals surface area (Å²) in [4.78, 5) is 37.2. The van der Waals surface area contributed by atoms with Gasteiger partial charge in [0, 0.05) is 28.2 Å². The first kappa shape index (κ1) is 15.6. The first-order chi connectivity index (χ1) is 11.5. The van der Waals surface area contributed by atoms with Gasteiger partial charge in [-0.25, -0.2) is 4.39 Å². The molecule has 0 radical (unpaired) electrons. The largest absolute Gasteiger partial charge is 0.322 e. The van der Waals surface area contributed by atoms with Crippen molar-refractivity contribution in [3.8, 4) is 0 Å². The molecule has 0 saturated carbocycles. The number of hydrogen-bond acceptors (Lipinski definition) is 3. The number of nitrogens with one attached hydrogen (secondary N) is 2. The van der Waals surface area contributed by atoms with Crippen molar-refractivity contribution in [2.75, 3.05) is 5.32 Å². The molecule has 6 heteroatoms. The van der Waals surface area contributed by atoms with Crippen LogP contribution in [0.3, 0.4) is 0 Å². The summed E-state index contributed by atoms with van der Waals surface area (Å²) in [6.45, 7) is 1.79. The van der Waals surface area contributed by atoms with Gasteiger partial charge in [-0.2, -0.15) is 0 Å². The summed E-state index contributed by atoms with van der Waals surface area (Å²) in [6, 6.07) is 10.0. The van der Waals surface area contributed by atoms with Gasteiger partial charge in [-0.3, -0.25) is 14.4 Å². The fourth-order valence-corrected chi connectivity index (χ4v) is 2.49. The Morgan fingerprint density at radius 3 is 2.71 bits per heavy atom. The predicted molar refractivity (Wildman–Crippen MR) is 89.0 cm³/mol. The molecule has 0 aliphatic heterocycles. The van der Waals surface area contributed by atoms with Crippen molar-refractivity contribution in [3.63, 3.8) is 0 Å². The van der Waals surface area contributed by atoms with Crippen LogP contribution < -0.4 is 10.9 Å². The van der Waals surface area contributed by atoms with E-state index in [0.717, 1.165) is 17.0 Å². The zero-order valence-corrected chi connectivity index (χ0v) is 12.7. The average Bonchev–Trinajstić information content (AvgIpc) is 2.55. The number of aldehydes is 1. The second-order valence-electron chi connectivity index (χ2n) is 5.39. The first-order valence-electron chi connectivity index (χ1n) is 7.18. The van der Waals surface area contributed by atoms with E-state index >= 15 is 0 Å². The number of amides is 1. The van der Waals surface area contributed by atoms with Crippen LogP contribution in [0.5, 0.6) is 0 Å². The van der Waals surface area contributed by atoms with E-state index in [4.69, 9.17) is 0 Å². The molecule has 0 spiro atoms. The van der Waals surface area contributed by atoms with Crippen molar-refractivity contribution in [3.05, 3.63) is 75.3 Å². The Balaban J connectivity index is 1.96. The summed E-state index contributed by atoms with van der Waals surface area (Å²) in [7, 11) is 0. The van der Waals surface area contributed by atoms with Gasteiger partial charge >= 0.3 is 0 Å². The number of benzene rings is 2. The molecule has 0 atom stereocenters. The van der Waals surface area contributed by atoms with Crippen LogP contribution in [-0.2, 0) is 0 Å². The molecule has 5 nitrogen and oxygen atoms in total. The highest BCUT2D eigenvalue weighted by Gasteiger charge is 2.13. The number of carbonyl (C=O) groups is 2. The molecular formula is C18H13FN2O3. The monoisotopic (exact) mass is 324 g/mol. The fraction of sp³-hybridized carbons (Fsp3) is 0.0556. The highest BCUT2D eigenvalue weighted by atomic mass is 19.1. The molecule has 0 fully saturated rings. The van der Waals surface area contributed by atoms with E-state index in [1.807, 2.05) is 0 Å². The quantitative estimate of drug-likeness (QED) is 0.727. The lowest BCUT2D eigenvalue weighted by molar-refractivity contribution is 0.102. The summed E-state index contributed by atoms with van der Waals surface area (Å²) in [5.74, 6) is -1.36. The third kappa shape index (κ3) is 2.94. The summed E-state index contributed by atoms with van der Waals surface area (Å²) in [6.07, 6.45) is 0.548. The molecule has 120 valence electrons. The van der Waals surface area contributed by atoms with Crippen LogP contribution in [0, 0.1) is 12.7 Å². The van der Waals surface area contributed by atoms with E-state index in [2.05, 4.69) is 10.3 Å². The van der Waals surface area contributed by atoms with Crippen molar-refractivity contribution in [1.82, 2.24) is 4.98 Å². The van der Waals surface area contributed by atoms with Crippen molar-refractivity contribution < 1.29 is 14.0 Å². The number of rotatable bonds is 3. The highest BCUT2D eigenvalue weighted by molar-refractivity contribution is 6.06. The highest BCUT2D eigenvalue weighted by Crippen LogP contribution is 2.20. The minimum Gasteiger partial charge on any atom is -0.322 e. The molecule has 1 heterocycles. The van der Waals surface area contributed by atoms with Crippen LogP contribution in [0.25, 0.3) is 10.9 Å². The Kier molecular flexibility index (Phi) is 3.95. The SMILES string of the molecule is Cc1cc(=O)[nH]c2ccc(NC(=O)c3cc(C=O)ccc3F)cc12. The maximum atomic E-state index is 13.8. The number of aryl methyl sites for hydroxylation is 1. The Morgan fingerprint density at radius 1 is 1.17 bits per heavy atom. The summed E-state index contributed by atoms with van der Waals surface area (Å²) in [5, 5.41) is 3.37. The third-order valence-electron chi connectivity index (χ3n) is 3.68. The van der Waals surface area contributed by atoms with Crippen LogP contribution in [0.15, 0.2) is 47.3 Å². The number of anilines is 1. The van der Waals surface area contributed by atoms with Gasteiger partial charge in [0.25, 0.3) is 5.91 Å². The maximum Gasteiger partial charge on any atom is 0.258 e. The van der Waals surface area contributed by atoms with E-state index < -0.39 is 11.7 Å². The van der Waals surface area contributed by atoms with Crippen molar-refractivity contribution in [2.45, 2.75) is 6.92 Å². The molecule has 1 amide bonds. The third-order valence-corrected chi connectivity index (χ3v) is 3.68. The van der Waals surface area contributed by atoms with Crippen LogP contribution in [0.2, 0.25) is 0 Å². The van der Waals surface area contributed by atoms with Crippen LogP contribution in [0.1, 0.15) is 26.3 Å². The fourth-order valence-electron chi connectivity index (χ4n) is 2.49. The number of aromatic amines is 1. The number of fused-ring (bicyclic) bond motifs is 1. The number of H-pyrrole nitrogens is 1. The lowest BCUT2D eigenvalue weighted by atomic mass is 10.1. The smallest absolute Gasteiger partial charge is 0.258 e. The molecule has 0 aliphatic rings. The van der Waals surface area contributed by atoms with Crippen LogP contribution in [0.4, 0.5) is 10.1 Å². The second kappa shape index (κ2) is 6.08. The number of hydrogen-bond donors (Lipinski definition) is 2. The molecule has 0 saturated heterocycles. The van der Waals surface area contributed by atoms with Gasteiger partial charge in [0.15, 0.2) is 0 Å². The number of carbonyl (C=O) groups excluding carboxylic acids is 2. The van der Waals surface area contributed by atoms with E-state index in [-0.39, 0.29) is 16.7 Å². The Labute approximate surface area is 136 Å². The second-order valence-corrected chi connectivity index (χ2v) is 5.39. The molecule has 1 aromatic heterocycles. The van der Waals surface area contributed by atoms with E-state index in [9.17, 15) is 18.8 Å². The summed E-state index contributed by atoms with van der Waals surface area (Å²) >= 11 is 0. The Morgan fingerprint density at radius 2 is 1.96 bits per heavy atom. The first-order valence-corrected chi connectivity index (χ1v) is 7.18. The van der Waals surface area contributed by atoms with Gasteiger partial charge in [0.2, 0.25) is 5.56 Å². The van der Waals surface area contributed by atoms with Crippen molar-refractivity contribution >= 4 is 28.8 Å². The van der Waals surface area contributed by atoms with Gasteiger partial charge in [0.05, 0.1) is 5.56 Å².